The molecular weight excluding hydrogens is 465 g/mol. The van der Waals surface area contributed by atoms with Gasteiger partial charge in [-0.15, -0.1) is 0 Å². The zero-order chi connectivity index (χ0) is 24.4. The lowest BCUT2D eigenvalue weighted by molar-refractivity contribution is -0.347. The summed E-state index contributed by atoms with van der Waals surface area (Å²) >= 11 is 0. The van der Waals surface area contributed by atoms with E-state index in [0.717, 1.165) is 16.6 Å². The number of piperazine rings is 1. The second-order valence-corrected chi connectivity index (χ2v) is 10.3. The first-order chi connectivity index (χ1) is 17.0. The van der Waals surface area contributed by atoms with Crippen LogP contribution >= 0.6 is 0 Å². The van der Waals surface area contributed by atoms with Crippen LogP contribution < -0.4 is 19.5 Å². The molecule has 1 fully saturated rings. The van der Waals surface area contributed by atoms with Crippen molar-refractivity contribution in [3.8, 4) is 5.75 Å². The van der Waals surface area contributed by atoms with Gasteiger partial charge < -0.3 is 14.5 Å². The van der Waals surface area contributed by atoms with Gasteiger partial charge in [0.05, 0.1) is 22.6 Å². The first-order valence-electron chi connectivity index (χ1n) is 11.6. The summed E-state index contributed by atoms with van der Waals surface area (Å²) in [5.41, 5.74) is 2.45. The van der Waals surface area contributed by atoms with Gasteiger partial charge in [0.2, 0.25) is 15.4 Å². The lowest BCUT2D eigenvalue weighted by Crippen LogP contribution is -2.47. The van der Waals surface area contributed by atoms with E-state index >= 15 is 0 Å². The Kier molecular flexibility index (Phi) is 6.30. The molecule has 1 aliphatic rings. The van der Waals surface area contributed by atoms with Crippen molar-refractivity contribution in [3.05, 3.63) is 84.8 Å². The van der Waals surface area contributed by atoms with Crippen LogP contribution in [0.5, 0.6) is 5.75 Å². The van der Waals surface area contributed by atoms with E-state index in [1.807, 2.05) is 25.1 Å². The van der Waals surface area contributed by atoms with E-state index in [9.17, 15) is 12.8 Å². The molecule has 1 saturated heterocycles. The molecule has 0 aliphatic carbocycles. The maximum atomic E-state index is 13.7. The van der Waals surface area contributed by atoms with Crippen LogP contribution in [-0.2, 0) is 9.84 Å². The summed E-state index contributed by atoms with van der Waals surface area (Å²) in [6.45, 7) is 5.04. The monoisotopic (exact) mass is 492 g/mol. The number of halogens is 1. The first kappa shape index (κ1) is 23.1. The van der Waals surface area contributed by atoms with E-state index < -0.39 is 9.84 Å². The highest BCUT2D eigenvalue weighted by molar-refractivity contribution is 7.91. The Hall–Kier alpha value is -3.65. The molecule has 0 saturated carbocycles. The topological polar surface area (TPSA) is 64.0 Å². The molecule has 0 amide bonds. The smallest absolute Gasteiger partial charge is 0.214 e. The summed E-state index contributed by atoms with van der Waals surface area (Å²) < 4.78 is 46.6. The summed E-state index contributed by atoms with van der Waals surface area (Å²) in [7, 11) is -3.78. The number of hydrogen-bond acceptors (Lipinski definition) is 5. The molecule has 6 nitrogen and oxygen atoms in total. The maximum Gasteiger partial charge on any atom is 0.214 e. The van der Waals surface area contributed by atoms with E-state index in [4.69, 9.17) is 4.74 Å². The predicted octanol–water partition coefficient (Wildman–Crippen LogP) is 4.35. The Morgan fingerprint density at radius 3 is 2.29 bits per heavy atom. The third kappa shape index (κ3) is 4.53. The number of aromatic amines is 1. The van der Waals surface area contributed by atoms with E-state index in [1.54, 1.807) is 48.7 Å². The minimum absolute atomic E-state index is 0.236. The molecule has 1 N–H and O–H groups in total. The largest absolute Gasteiger partial charge is 0.494 e. The number of nitrogens with zero attached hydrogens (tertiary/aromatic N) is 2. The fourth-order valence-corrected chi connectivity index (χ4v) is 6.02. The van der Waals surface area contributed by atoms with Crippen molar-refractivity contribution < 1.29 is 22.5 Å². The lowest BCUT2D eigenvalue weighted by atomic mass is 10.1. The second kappa shape index (κ2) is 9.54. The van der Waals surface area contributed by atoms with Gasteiger partial charge in [-0.2, -0.15) is 0 Å². The third-order valence-electron chi connectivity index (χ3n) is 6.28. The highest BCUT2D eigenvalue weighted by Gasteiger charge is 2.31. The molecule has 0 spiro atoms. The van der Waals surface area contributed by atoms with Gasteiger partial charge in [0.15, 0.2) is 11.1 Å². The normalized spacial score (nSPS) is 14.3. The number of pyridine rings is 1. The van der Waals surface area contributed by atoms with Gasteiger partial charge in [-0.3, -0.25) is 0 Å². The number of sulfone groups is 1. The van der Waals surface area contributed by atoms with Gasteiger partial charge in [0.25, 0.3) is 0 Å². The van der Waals surface area contributed by atoms with Crippen LogP contribution in [0.15, 0.2) is 88.8 Å². The molecule has 180 valence electrons. The van der Waals surface area contributed by atoms with Crippen molar-refractivity contribution in [2.45, 2.75) is 16.7 Å². The second-order valence-electron chi connectivity index (χ2n) is 8.41. The predicted molar refractivity (Wildman–Crippen MR) is 134 cm³/mol. The summed E-state index contributed by atoms with van der Waals surface area (Å²) in [4.78, 5) is 7.97. The first-order valence-corrected chi connectivity index (χ1v) is 13.1. The van der Waals surface area contributed by atoms with Crippen LogP contribution in [0.3, 0.4) is 0 Å². The van der Waals surface area contributed by atoms with Crippen molar-refractivity contribution >= 4 is 32.1 Å². The number of rotatable bonds is 6. The van der Waals surface area contributed by atoms with Gasteiger partial charge in [0, 0.05) is 37.9 Å². The quantitative estimate of drug-likeness (QED) is 0.400. The molecule has 0 bridgehead atoms. The SMILES string of the molecule is CCOc1ccc2[nH+]cc(S(=O)(=O)c3ccccc3)c(N3CCN(c4ccc(F)cc4)CC3)c2c1. The zero-order valence-corrected chi connectivity index (χ0v) is 20.3. The number of fused-ring (bicyclic) bond motifs is 1. The summed E-state index contributed by atoms with van der Waals surface area (Å²) in [5.74, 6) is 0.425. The Morgan fingerprint density at radius 2 is 1.60 bits per heavy atom. The number of aromatic nitrogens is 1. The highest BCUT2D eigenvalue weighted by atomic mass is 32.2. The molecule has 0 unspecified atom stereocenters. The molecular formula is C27H27FN3O3S+. The summed E-state index contributed by atoms with van der Waals surface area (Å²) in [6.07, 6.45) is 1.59. The van der Waals surface area contributed by atoms with Crippen LogP contribution in [0.2, 0.25) is 0 Å². The standard InChI is InChI=1S/C27H26FN3O3S/c1-2-34-22-12-13-25-24(18-22)27(26(19-29-25)35(32,33)23-6-4-3-5-7-23)31-16-14-30(15-17-31)21-10-8-20(28)9-11-21/h3-13,18-19H,2,14-17H2,1H3/p+1. The molecule has 1 aliphatic heterocycles. The van der Waals surface area contributed by atoms with Crippen molar-refractivity contribution in [2.24, 2.45) is 0 Å². The molecule has 2 heterocycles. The van der Waals surface area contributed by atoms with E-state index in [-0.39, 0.29) is 15.6 Å². The Bertz CT molecular complexity index is 1440. The maximum absolute atomic E-state index is 13.7. The molecule has 0 atom stereocenters. The molecule has 0 radical (unpaired) electrons. The Labute approximate surface area is 204 Å². The van der Waals surface area contributed by atoms with Gasteiger partial charge in [-0.05, 0) is 55.5 Å². The Morgan fingerprint density at radius 1 is 0.914 bits per heavy atom. The molecule has 5 rings (SSSR count). The van der Waals surface area contributed by atoms with Crippen molar-refractivity contribution in [1.82, 2.24) is 0 Å². The van der Waals surface area contributed by atoms with Gasteiger partial charge in [-0.1, -0.05) is 18.2 Å². The fourth-order valence-electron chi connectivity index (χ4n) is 4.54. The van der Waals surface area contributed by atoms with Crippen molar-refractivity contribution in [1.29, 1.82) is 0 Å². The number of benzene rings is 3. The lowest BCUT2D eigenvalue weighted by Gasteiger charge is -2.38. The molecule has 3 aromatic carbocycles. The average Bonchev–Trinajstić information content (AvgIpc) is 2.89. The zero-order valence-electron chi connectivity index (χ0n) is 19.4. The molecule has 4 aromatic rings. The molecule has 8 heteroatoms. The summed E-state index contributed by atoms with van der Waals surface area (Å²) in [6, 6.07) is 20.7. The minimum atomic E-state index is -3.78. The summed E-state index contributed by atoms with van der Waals surface area (Å²) in [5, 5.41) is 0.795. The number of H-pyrrole nitrogens is 1. The van der Waals surface area contributed by atoms with Crippen LogP contribution in [-0.4, -0.2) is 41.2 Å². The van der Waals surface area contributed by atoms with E-state index in [2.05, 4.69) is 14.8 Å². The average molecular weight is 493 g/mol. The van der Waals surface area contributed by atoms with Crippen molar-refractivity contribution in [2.75, 3.05) is 42.6 Å². The van der Waals surface area contributed by atoms with E-state index in [1.165, 1.54) is 12.1 Å². The Balaban J connectivity index is 1.58. The van der Waals surface area contributed by atoms with Crippen LogP contribution in [0, 0.1) is 5.82 Å². The van der Waals surface area contributed by atoms with Gasteiger partial charge >= 0.3 is 0 Å². The number of nitrogens with one attached hydrogen (secondary N) is 1. The van der Waals surface area contributed by atoms with Crippen LogP contribution in [0.25, 0.3) is 10.9 Å². The number of hydrogen-bond donors (Lipinski definition) is 0. The third-order valence-corrected chi connectivity index (χ3v) is 8.06. The molecule has 1 aromatic heterocycles. The fraction of sp³-hybridized carbons (Fsp3) is 0.222. The van der Waals surface area contributed by atoms with Gasteiger partial charge in [0.1, 0.15) is 11.6 Å². The van der Waals surface area contributed by atoms with Crippen LogP contribution in [0.4, 0.5) is 15.8 Å². The van der Waals surface area contributed by atoms with Crippen LogP contribution in [0.1, 0.15) is 6.92 Å². The van der Waals surface area contributed by atoms with Crippen molar-refractivity contribution in [3.63, 3.8) is 0 Å². The number of ether oxygens (including phenoxy) is 1. The number of anilines is 2. The highest BCUT2D eigenvalue weighted by Crippen LogP contribution is 2.37. The van der Waals surface area contributed by atoms with E-state index in [0.29, 0.717) is 44.2 Å². The molecule has 35 heavy (non-hydrogen) atoms. The minimum Gasteiger partial charge on any atom is -0.494 e. The van der Waals surface area contributed by atoms with Gasteiger partial charge in [-0.25, -0.2) is 17.8 Å².